The highest BCUT2D eigenvalue weighted by molar-refractivity contribution is 5.11. The van der Waals surface area contributed by atoms with Crippen molar-refractivity contribution in [2.24, 2.45) is 0 Å². The van der Waals surface area contributed by atoms with Crippen LogP contribution in [0.5, 0.6) is 0 Å². The van der Waals surface area contributed by atoms with E-state index in [-0.39, 0.29) is 0 Å². The third-order valence-corrected chi connectivity index (χ3v) is 2.62. The molecule has 1 aromatic heterocycles. The molecule has 0 aliphatic carbocycles. The number of hydrogen-bond donors (Lipinski definition) is 1. The van der Waals surface area contributed by atoms with Crippen molar-refractivity contribution in [3.05, 3.63) is 18.2 Å². The lowest BCUT2D eigenvalue weighted by molar-refractivity contribution is 0.138. The average molecular weight is 195 g/mol. The van der Waals surface area contributed by atoms with E-state index in [0.717, 1.165) is 32.8 Å². The largest absolute Gasteiger partial charge is 0.380 e. The molecule has 1 saturated heterocycles. The van der Waals surface area contributed by atoms with Gasteiger partial charge in [0.1, 0.15) is 0 Å². The molecular weight excluding hydrogens is 178 g/mol. The summed E-state index contributed by atoms with van der Waals surface area (Å²) in [7, 11) is 0. The van der Waals surface area contributed by atoms with Gasteiger partial charge in [0.15, 0.2) is 0 Å². The molecule has 2 rings (SSSR count). The van der Waals surface area contributed by atoms with Crippen molar-refractivity contribution in [1.82, 2.24) is 14.9 Å². The highest BCUT2D eigenvalue weighted by atomic mass is 16.5. The quantitative estimate of drug-likeness (QED) is 0.700. The Morgan fingerprint density at radius 3 is 3.14 bits per heavy atom. The van der Waals surface area contributed by atoms with E-state index in [2.05, 4.69) is 14.9 Å². The Balaban J connectivity index is 1.91. The third kappa shape index (κ3) is 1.96. The van der Waals surface area contributed by atoms with Crippen LogP contribution in [0, 0.1) is 0 Å². The van der Waals surface area contributed by atoms with Crippen LogP contribution in [0.2, 0.25) is 0 Å². The highest BCUT2D eigenvalue weighted by Crippen LogP contribution is 2.18. The van der Waals surface area contributed by atoms with Crippen LogP contribution in [-0.4, -0.2) is 35.9 Å². The molecule has 78 valence electrons. The summed E-state index contributed by atoms with van der Waals surface area (Å²) in [5.74, 6) is 0.652. The molecule has 0 radical (unpaired) electrons. The van der Waals surface area contributed by atoms with Gasteiger partial charge in [-0.2, -0.15) is 0 Å². The summed E-state index contributed by atoms with van der Waals surface area (Å²) in [5, 5.41) is 3.27. The van der Waals surface area contributed by atoms with Crippen molar-refractivity contribution in [1.29, 1.82) is 0 Å². The molecule has 0 bridgehead atoms. The number of rotatable bonds is 5. The molecule has 1 aliphatic rings. The zero-order chi connectivity index (χ0) is 9.80. The molecule has 1 aromatic rings. The van der Waals surface area contributed by atoms with E-state index in [1.54, 1.807) is 0 Å². The molecule has 2 heterocycles. The van der Waals surface area contributed by atoms with Crippen molar-refractivity contribution in [3.63, 3.8) is 0 Å². The summed E-state index contributed by atoms with van der Waals surface area (Å²) in [6, 6.07) is 0. The topological polar surface area (TPSA) is 39.1 Å². The summed E-state index contributed by atoms with van der Waals surface area (Å²) >= 11 is 0. The lowest BCUT2D eigenvalue weighted by Gasteiger charge is -2.27. The predicted molar refractivity (Wildman–Crippen MR) is 54.3 cm³/mol. The number of hydrogen-bond acceptors (Lipinski definition) is 3. The van der Waals surface area contributed by atoms with E-state index in [9.17, 15) is 0 Å². The van der Waals surface area contributed by atoms with Crippen LogP contribution in [0.3, 0.4) is 0 Å². The zero-order valence-corrected chi connectivity index (χ0v) is 8.57. The summed E-state index contributed by atoms with van der Waals surface area (Å²) in [5.41, 5.74) is 1.34. The van der Waals surface area contributed by atoms with E-state index in [1.165, 1.54) is 5.69 Å². The second-order valence-electron chi connectivity index (χ2n) is 3.56. The van der Waals surface area contributed by atoms with Crippen LogP contribution in [-0.2, 0) is 11.3 Å². The van der Waals surface area contributed by atoms with Crippen LogP contribution >= 0.6 is 0 Å². The zero-order valence-electron chi connectivity index (χ0n) is 8.57. The van der Waals surface area contributed by atoms with Crippen molar-refractivity contribution in [2.45, 2.75) is 19.4 Å². The first-order chi connectivity index (χ1) is 6.92. The number of aromatic nitrogens is 2. The molecular formula is C10H17N3O. The standard InChI is InChI=1S/C10H17N3O/c1-2-14-4-3-13-8-12-7-10(13)9-5-11-6-9/h7-9,11H,2-6H2,1H3. The number of ether oxygens (including phenoxy) is 1. The van der Waals surface area contributed by atoms with Gasteiger partial charge >= 0.3 is 0 Å². The maximum atomic E-state index is 5.33. The van der Waals surface area contributed by atoms with E-state index in [1.807, 2.05) is 19.4 Å². The Morgan fingerprint density at radius 2 is 2.50 bits per heavy atom. The Hall–Kier alpha value is -0.870. The lowest BCUT2D eigenvalue weighted by Crippen LogP contribution is -2.41. The Kier molecular flexibility index (Phi) is 3.16. The molecule has 0 aromatic carbocycles. The van der Waals surface area contributed by atoms with Gasteiger partial charge in [-0.05, 0) is 6.92 Å². The number of nitrogens with zero attached hydrogens (tertiary/aromatic N) is 2. The fourth-order valence-corrected chi connectivity index (χ4v) is 1.66. The van der Waals surface area contributed by atoms with Crippen LogP contribution in [0.15, 0.2) is 12.5 Å². The summed E-state index contributed by atoms with van der Waals surface area (Å²) in [6.07, 6.45) is 3.87. The molecule has 1 fully saturated rings. The van der Waals surface area contributed by atoms with Crippen molar-refractivity contribution >= 4 is 0 Å². The predicted octanol–water partition coefficient (Wildman–Crippen LogP) is 0.606. The van der Waals surface area contributed by atoms with Gasteiger partial charge in [0.2, 0.25) is 0 Å². The fraction of sp³-hybridized carbons (Fsp3) is 0.700. The van der Waals surface area contributed by atoms with Crippen LogP contribution < -0.4 is 5.32 Å². The molecule has 4 nitrogen and oxygen atoms in total. The smallest absolute Gasteiger partial charge is 0.0949 e. The van der Waals surface area contributed by atoms with Crippen LogP contribution in [0.4, 0.5) is 0 Å². The molecule has 4 heteroatoms. The average Bonchev–Trinajstić information content (AvgIpc) is 2.51. The molecule has 0 saturated carbocycles. The highest BCUT2D eigenvalue weighted by Gasteiger charge is 2.21. The van der Waals surface area contributed by atoms with E-state index >= 15 is 0 Å². The van der Waals surface area contributed by atoms with Gasteiger partial charge in [0.25, 0.3) is 0 Å². The van der Waals surface area contributed by atoms with Crippen molar-refractivity contribution in [2.75, 3.05) is 26.3 Å². The van der Waals surface area contributed by atoms with Gasteiger partial charge in [0.05, 0.1) is 12.9 Å². The SMILES string of the molecule is CCOCCn1cncc1C1CNC1. The normalized spacial score (nSPS) is 16.9. The van der Waals surface area contributed by atoms with Crippen molar-refractivity contribution in [3.8, 4) is 0 Å². The minimum absolute atomic E-state index is 0.652. The summed E-state index contributed by atoms with van der Waals surface area (Å²) in [6.45, 7) is 6.67. The Labute approximate surface area is 84.3 Å². The molecule has 0 amide bonds. The molecule has 0 spiro atoms. The summed E-state index contributed by atoms with van der Waals surface area (Å²) in [4.78, 5) is 4.18. The molecule has 1 aliphatic heterocycles. The van der Waals surface area contributed by atoms with E-state index < -0.39 is 0 Å². The first-order valence-electron chi connectivity index (χ1n) is 5.20. The maximum absolute atomic E-state index is 5.33. The van der Waals surface area contributed by atoms with Gasteiger partial charge < -0.3 is 14.6 Å². The van der Waals surface area contributed by atoms with Crippen LogP contribution in [0.1, 0.15) is 18.5 Å². The van der Waals surface area contributed by atoms with Crippen LogP contribution in [0.25, 0.3) is 0 Å². The molecule has 0 unspecified atom stereocenters. The Morgan fingerprint density at radius 1 is 1.64 bits per heavy atom. The molecule has 14 heavy (non-hydrogen) atoms. The monoisotopic (exact) mass is 195 g/mol. The summed E-state index contributed by atoms with van der Waals surface area (Å²) < 4.78 is 7.52. The minimum Gasteiger partial charge on any atom is -0.380 e. The maximum Gasteiger partial charge on any atom is 0.0949 e. The number of imidazole rings is 1. The third-order valence-electron chi connectivity index (χ3n) is 2.62. The van der Waals surface area contributed by atoms with Gasteiger partial charge in [-0.1, -0.05) is 0 Å². The van der Waals surface area contributed by atoms with Gasteiger partial charge in [-0.3, -0.25) is 0 Å². The molecule has 1 N–H and O–H groups in total. The van der Waals surface area contributed by atoms with Gasteiger partial charge in [0, 0.05) is 44.0 Å². The first kappa shape index (κ1) is 9.68. The van der Waals surface area contributed by atoms with E-state index in [0.29, 0.717) is 5.92 Å². The fourth-order valence-electron chi connectivity index (χ4n) is 1.66. The molecule has 0 atom stereocenters. The first-order valence-corrected chi connectivity index (χ1v) is 5.20. The Bertz CT molecular complexity index is 281. The minimum atomic E-state index is 0.652. The van der Waals surface area contributed by atoms with Crippen molar-refractivity contribution < 1.29 is 4.74 Å². The van der Waals surface area contributed by atoms with E-state index in [4.69, 9.17) is 4.74 Å². The second-order valence-corrected chi connectivity index (χ2v) is 3.56. The van der Waals surface area contributed by atoms with Gasteiger partial charge in [-0.25, -0.2) is 4.98 Å². The number of nitrogens with one attached hydrogen (secondary N) is 1. The van der Waals surface area contributed by atoms with Gasteiger partial charge in [-0.15, -0.1) is 0 Å². The second kappa shape index (κ2) is 4.57. The lowest BCUT2D eigenvalue weighted by atomic mass is 10.00.